The Bertz CT molecular complexity index is 1170. The SMILES string of the molecule is COc1cc(NC(=O)COC(=O)c2ccc(Sc3nc(C)cs3)c([N+](=O)[O-])c2)cc(OC)c1. The smallest absolute Gasteiger partial charge is 0.338 e. The number of rotatable bonds is 9. The van der Waals surface area contributed by atoms with Crippen LogP contribution in [-0.4, -0.2) is 42.6 Å². The molecule has 33 heavy (non-hydrogen) atoms. The Morgan fingerprint density at radius 1 is 1.15 bits per heavy atom. The van der Waals surface area contributed by atoms with Crippen molar-refractivity contribution in [1.29, 1.82) is 0 Å². The molecule has 3 rings (SSSR count). The first-order valence-corrected chi connectivity index (χ1v) is 11.1. The molecule has 3 aromatic rings. The van der Waals surface area contributed by atoms with Gasteiger partial charge in [0, 0.05) is 41.0 Å². The van der Waals surface area contributed by atoms with E-state index in [1.807, 2.05) is 12.3 Å². The van der Waals surface area contributed by atoms with Crippen LogP contribution < -0.4 is 14.8 Å². The average Bonchev–Trinajstić information content (AvgIpc) is 3.21. The summed E-state index contributed by atoms with van der Waals surface area (Å²) in [5.74, 6) is -0.516. The molecule has 1 amide bonds. The molecule has 0 aliphatic heterocycles. The van der Waals surface area contributed by atoms with Crippen LogP contribution in [0.15, 0.2) is 51.0 Å². The first-order chi connectivity index (χ1) is 15.8. The van der Waals surface area contributed by atoms with E-state index in [4.69, 9.17) is 14.2 Å². The minimum Gasteiger partial charge on any atom is -0.497 e. The number of benzene rings is 2. The van der Waals surface area contributed by atoms with Crippen LogP contribution in [0.25, 0.3) is 0 Å². The number of methoxy groups -OCH3 is 2. The van der Waals surface area contributed by atoms with Gasteiger partial charge in [0.2, 0.25) is 0 Å². The number of nitro groups is 1. The van der Waals surface area contributed by atoms with Crippen molar-refractivity contribution < 1.29 is 28.7 Å². The van der Waals surface area contributed by atoms with Gasteiger partial charge in [0.15, 0.2) is 10.9 Å². The van der Waals surface area contributed by atoms with Crippen molar-refractivity contribution in [3.8, 4) is 11.5 Å². The molecule has 0 saturated heterocycles. The number of esters is 1. The van der Waals surface area contributed by atoms with Crippen LogP contribution in [0.5, 0.6) is 11.5 Å². The summed E-state index contributed by atoms with van der Waals surface area (Å²) >= 11 is 2.51. The van der Waals surface area contributed by atoms with E-state index in [-0.39, 0.29) is 11.3 Å². The van der Waals surface area contributed by atoms with E-state index < -0.39 is 23.4 Å². The molecule has 1 heterocycles. The summed E-state index contributed by atoms with van der Waals surface area (Å²) in [5.41, 5.74) is 0.908. The van der Waals surface area contributed by atoms with Crippen LogP contribution in [-0.2, 0) is 9.53 Å². The van der Waals surface area contributed by atoms with E-state index in [2.05, 4.69) is 10.3 Å². The molecular formula is C21H19N3O7S2. The molecule has 0 aliphatic carbocycles. The number of aromatic nitrogens is 1. The van der Waals surface area contributed by atoms with Gasteiger partial charge in [0.05, 0.1) is 29.6 Å². The third kappa shape index (κ3) is 6.43. The standard InChI is InChI=1S/C21H19N3O7S2/c1-12-11-32-21(22-12)33-18-5-4-13(6-17(18)24(27)28)20(26)31-10-19(25)23-14-7-15(29-2)9-16(8-14)30-3/h4-9,11H,10H2,1-3H3,(H,23,25). The van der Waals surface area contributed by atoms with Crippen molar-refractivity contribution in [2.24, 2.45) is 0 Å². The van der Waals surface area contributed by atoms with Crippen LogP contribution >= 0.6 is 23.1 Å². The van der Waals surface area contributed by atoms with Gasteiger partial charge in [-0.25, -0.2) is 9.78 Å². The van der Waals surface area contributed by atoms with E-state index in [9.17, 15) is 19.7 Å². The van der Waals surface area contributed by atoms with Gasteiger partial charge in [-0.15, -0.1) is 11.3 Å². The normalized spacial score (nSPS) is 10.4. The zero-order valence-electron chi connectivity index (χ0n) is 17.8. The lowest BCUT2D eigenvalue weighted by Crippen LogP contribution is -2.21. The van der Waals surface area contributed by atoms with E-state index >= 15 is 0 Å². The summed E-state index contributed by atoms with van der Waals surface area (Å²) in [6.07, 6.45) is 0. The number of hydrogen-bond donors (Lipinski definition) is 1. The monoisotopic (exact) mass is 489 g/mol. The molecule has 0 spiro atoms. The van der Waals surface area contributed by atoms with Gasteiger partial charge in [-0.3, -0.25) is 14.9 Å². The lowest BCUT2D eigenvalue weighted by molar-refractivity contribution is -0.387. The first-order valence-electron chi connectivity index (χ1n) is 9.37. The first kappa shape index (κ1) is 24.0. The summed E-state index contributed by atoms with van der Waals surface area (Å²) in [6.45, 7) is 1.25. The number of nitro benzene ring substituents is 1. The number of nitrogens with zero attached hydrogens (tertiary/aromatic N) is 2. The molecule has 0 radical (unpaired) electrons. The second-order valence-corrected chi connectivity index (χ2v) is 8.67. The third-order valence-corrected chi connectivity index (χ3v) is 6.28. The molecule has 0 saturated carbocycles. The Morgan fingerprint density at radius 3 is 2.42 bits per heavy atom. The van der Waals surface area contributed by atoms with Crippen LogP contribution in [0.4, 0.5) is 11.4 Å². The maximum absolute atomic E-state index is 12.4. The quantitative estimate of drug-likeness (QED) is 0.265. The number of thiazole rings is 1. The fraction of sp³-hybridized carbons (Fsp3) is 0.190. The summed E-state index contributed by atoms with van der Waals surface area (Å²) in [4.78, 5) is 40.1. The van der Waals surface area contributed by atoms with Crippen molar-refractivity contribution in [2.75, 3.05) is 26.1 Å². The minimum atomic E-state index is -0.863. The Hall–Kier alpha value is -3.64. The molecule has 0 atom stereocenters. The van der Waals surface area contributed by atoms with Crippen LogP contribution in [0.3, 0.4) is 0 Å². The largest absolute Gasteiger partial charge is 0.497 e. The molecule has 0 fully saturated rings. The fourth-order valence-electron chi connectivity index (χ4n) is 2.64. The molecule has 172 valence electrons. The van der Waals surface area contributed by atoms with Crippen LogP contribution in [0, 0.1) is 17.0 Å². The number of ether oxygens (including phenoxy) is 3. The number of anilines is 1. The lowest BCUT2D eigenvalue weighted by atomic mass is 10.2. The number of nitrogens with one attached hydrogen (secondary N) is 1. The topological polar surface area (TPSA) is 130 Å². The number of carbonyl (C=O) groups excluding carboxylic acids is 2. The van der Waals surface area contributed by atoms with E-state index in [0.717, 1.165) is 23.5 Å². The highest BCUT2D eigenvalue weighted by Gasteiger charge is 2.21. The highest BCUT2D eigenvalue weighted by atomic mass is 32.2. The molecular weight excluding hydrogens is 470 g/mol. The van der Waals surface area contributed by atoms with E-state index in [0.29, 0.717) is 26.4 Å². The summed E-state index contributed by atoms with van der Waals surface area (Å²) in [5, 5.41) is 15.9. The van der Waals surface area contributed by atoms with Gasteiger partial charge >= 0.3 is 5.97 Å². The Labute approximate surface area is 197 Å². The van der Waals surface area contributed by atoms with Gasteiger partial charge in [-0.2, -0.15) is 0 Å². The summed E-state index contributed by atoms with van der Waals surface area (Å²) in [7, 11) is 2.95. The minimum absolute atomic E-state index is 0.0442. The molecule has 0 aliphatic rings. The molecule has 12 heteroatoms. The summed E-state index contributed by atoms with van der Waals surface area (Å²) in [6, 6.07) is 8.77. The van der Waals surface area contributed by atoms with E-state index in [1.54, 1.807) is 18.2 Å². The number of amides is 1. The highest BCUT2D eigenvalue weighted by Crippen LogP contribution is 2.37. The second kappa shape index (κ2) is 10.8. The predicted molar refractivity (Wildman–Crippen MR) is 123 cm³/mol. The van der Waals surface area contributed by atoms with Crippen molar-refractivity contribution in [3.05, 3.63) is 63.1 Å². The Morgan fingerprint density at radius 2 is 1.85 bits per heavy atom. The van der Waals surface area contributed by atoms with Gasteiger partial charge < -0.3 is 19.5 Å². The molecule has 2 aromatic carbocycles. The van der Waals surface area contributed by atoms with Gasteiger partial charge in [0.1, 0.15) is 11.5 Å². The highest BCUT2D eigenvalue weighted by molar-refractivity contribution is 8.01. The van der Waals surface area contributed by atoms with Gasteiger partial charge in [-0.1, -0.05) is 11.8 Å². The Balaban J connectivity index is 1.65. The molecule has 1 aromatic heterocycles. The van der Waals surface area contributed by atoms with Crippen molar-refractivity contribution >= 4 is 46.3 Å². The van der Waals surface area contributed by atoms with Crippen molar-refractivity contribution in [1.82, 2.24) is 4.98 Å². The zero-order valence-corrected chi connectivity index (χ0v) is 19.5. The molecule has 0 unspecified atom stereocenters. The maximum Gasteiger partial charge on any atom is 0.338 e. The molecule has 10 nitrogen and oxygen atoms in total. The second-order valence-electron chi connectivity index (χ2n) is 6.52. The number of carbonyl (C=O) groups is 2. The average molecular weight is 490 g/mol. The molecule has 1 N–H and O–H groups in total. The third-order valence-electron chi connectivity index (χ3n) is 4.16. The Kier molecular flexibility index (Phi) is 7.85. The van der Waals surface area contributed by atoms with Gasteiger partial charge in [0.25, 0.3) is 11.6 Å². The molecule has 0 bridgehead atoms. The number of aryl methyl sites for hydroxylation is 1. The van der Waals surface area contributed by atoms with Crippen LogP contribution in [0.2, 0.25) is 0 Å². The van der Waals surface area contributed by atoms with Crippen molar-refractivity contribution in [3.63, 3.8) is 0 Å². The van der Waals surface area contributed by atoms with Crippen LogP contribution in [0.1, 0.15) is 16.1 Å². The lowest BCUT2D eigenvalue weighted by Gasteiger charge is -2.10. The van der Waals surface area contributed by atoms with E-state index in [1.165, 1.54) is 37.7 Å². The number of hydrogen-bond acceptors (Lipinski definition) is 10. The van der Waals surface area contributed by atoms with Gasteiger partial charge in [-0.05, 0) is 19.1 Å². The fourth-order valence-corrected chi connectivity index (χ4v) is 4.52. The van der Waals surface area contributed by atoms with Crippen molar-refractivity contribution in [2.45, 2.75) is 16.2 Å². The maximum atomic E-state index is 12.4. The summed E-state index contributed by atoms with van der Waals surface area (Å²) < 4.78 is 15.9. The zero-order chi connectivity index (χ0) is 24.0. The predicted octanol–water partition coefficient (Wildman–Crippen LogP) is 4.32.